The molecule has 1 heterocycles. The van der Waals surface area contributed by atoms with Crippen LogP contribution in [0.25, 0.3) is 0 Å². The van der Waals surface area contributed by atoms with Crippen molar-refractivity contribution in [2.24, 2.45) is 0 Å². The Bertz CT molecular complexity index is 371. The van der Waals surface area contributed by atoms with Crippen molar-refractivity contribution in [1.29, 1.82) is 0 Å². The fraction of sp³-hybridized carbons (Fsp3) is 0.850. The largest absolute Gasteiger partial charge is 0.498 e. The lowest BCUT2D eigenvalue weighted by Crippen LogP contribution is -2.56. The van der Waals surface area contributed by atoms with Gasteiger partial charge in [-0.25, -0.2) is 4.48 Å². The van der Waals surface area contributed by atoms with Gasteiger partial charge < -0.3 is 14.8 Å². The summed E-state index contributed by atoms with van der Waals surface area (Å²) in [5.41, 5.74) is 0. The van der Waals surface area contributed by atoms with Crippen LogP contribution < -0.4 is 5.11 Å². The lowest BCUT2D eigenvalue weighted by Gasteiger charge is -2.32. The van der Waals surface area contributed by atoms with Crippen molar-refractivity contribution in [2.75, 3.05) is 19.8 Å². The second kappa shape index (κ2) is 12.3. The van der Waals surface area contributed by atoms with Crippen LogP contribution in [-0.4, -0.2) is 35.2 Å². The highest BCUT2D eigenvalue weighted by atomic mass is 16.4. The number of rotatable bonds is 14. The summed E-state index contributed by atoms with van der Waals surface area (Å²) in [6, 6.07) is 0. The Kier molecular flexibility index (Phi) is 10.8. The fourth-order valence-electron chi connectivity index (χ4n) is 3.38. The van der Waals surface area contributed by atoms with Crippen LogP contribution in [0, 0.1) is 0 Å². The zero-order valence-electron chi connectivity index (χ0n) is 16.0. The van der Waals surface area contributed by atoms with Crippen LogP contribution in [0.3, 0.4) is 0 Å². The van der Waals surface area contributed by atoms with Gasteiger partial charge in [0, 0.05) is 6.54 Å². The van der Waals surface area contributed by atoms with E-state index in [1.807, 2.05) is 6.20 Å². The quantitative estimate of drug-likeness (QED) is 0.343. The molecule has 1 atom stereocenters. The number of hydrogen-bond acceptors (Lipinski definition) is 3. The minimum absolute atomic E-state index is 0.0222. The normalized spacial score (nSPS) is 20.0. The number of carboxylic acid groups (broad SMARTS) is 1. The summed E-state index contributed by atoms with van der Waals surface area (Å²) in [5.74, 6) is 0. The van der Waals surface area contributed by atoms with Crippen LogP contribution in [0.15, 0.2) is 12.4 Å². The third-order valence-corrected chi connectivity index (χ3v) is 5.07. The van der Waals surface area contributed by atoms with Gasteiger partial charge in [-0.1, -0.05) is 78.1 Å². The van der Waals surface area contributed by atoms with Crippen LogP contribution in [0.1, 0.15) is 90.9 Å². The summed E-state index contributed by atoms with van der Waals surface area (Å²) in [6.07, 6.45) is 18.0. The standard InChI is InChI=1S/C20H38N2O2/c1-3-5-7-8-9-10-11-12-13-14-15-21-16-18-22(19-21,20(23)24)17-6-4-2/h16,18H,3-15,17,19H2,1-2H3. The maximum atomic E-state index is 11.5. The van der Waals surface area contributed by atoms with Gasteiger partial charge in [0.05, 0.1) is 12.7 Å². The van der Waals surface area contributed by atoms with Crippen molar-refractivity contribution in [3.8, 4) is 0 Å². The van der Waals surface area contributed by atoms with Crippen molar-refractivity contribution in [3.05, 3.63) is 12.4 Å². The van der Waals surface area contributed by atoms with E-state index in [2.05, 4.69) is 18.7 Å². The number of amides is 1. The van der Waals surface area contributed by atoms with E-state index < -0.39 is 6.09 Å². The van der Waals surface area contributed by atoms with Gasteiger partial charge in [-0.2, -0.15) is 0 Å². The molecule has 0 aliphatic carbocycles. The maximum absolute atomic E-state index is 11.5. The summed E-state index contributed by atoms with van der Waals surface area (Å²) in [5, 5.41) is 11.5. The first-order valence-electron chi connectivity index (χ1n) is 10.2. The number of nitrogens with zero attached hydrogens (tertiary/aromatic N) is 2. The van der Waals surface area contributed by atoms with E-state index in [0.29, 0.717) is 13.2 Å². The number of carbonyl (C=O) groups excluding carboxylic acids is 1. The molecule has 0 aromatic heterocycles. The molecule has 1 rings (SSSR count). The Morgan fingerprint density at radius 1 is 0.917 bits per heavy atom. The van der Waals surface area contributed by atoms with E-state index in [4.69, 9.17) is 0 Å². The van der Waals surface area contributed by atoms with Crippen molar-refractivity contribution >= 4 is 6.09 Å². The van der Waals surface area contributed by atoms with Gasteiger partial charge in [0.1, 0.15) is 6.20 Å². The monoisotopic (exact) mass is 338 g/mol. The highest BCUT2D eigenvalue weighted by Gasteiger charge is 2.33. The van der Waals surface area contributed by atoms with Crippen molar-refractivity contribution < 1.29 is 14.4 Å². The van der Waals surface area contributed by atoms with Crippen LogP contribution in [0.4, 0.5) is 4.79 Å². The molecule has 4 nitrogen and oxygen atoms in total. The number of carbonyl (C=O) groups is 1. The zero-order chi connectivity index (χ0) is 17.7. The molecule has 4 heteroatoms. The first-order valence-corrected chi connectivity index (χ1v) is 10.2. The first kappa shape index (κ1) is 21.0. The second-order valence-electron chi connectivity index (χ2n) is 7.31. The molecular formula is C20H38N2O2. The van der Waals surface area contributed by atoms with Gasteiger partial charge in [0.25, 0.3) is 6.09 Å². The highest BCUT2D eigenvalue weighted by molar-refractivity contribution is 5.55. The topological polar surface area (TPSA) is 43.4 Å². The summed E-state index contributed by atoms with van der Waals surface area (Å²) in [4.78, 5) is 13.6. The molecule has 0 saturated heterocycles. The predicted octanol–water partition coefficient (Wildman–Crippen LogP) is 4.61. The first-order chi connectivity index (χ1) is 11.6. The van der Waals surface area contributed by atoms with Crippen LogP contribution >= 0.6 is 0 Å². The van der Waals surface area contributed by atoms with E-state index >= 15 is 0 Å². The molecule has 140 valence electrons. The molecule has 0 saturated carbocycles. The summed E-state index contributed by atoms with van der Waals surface area (Å²) in [6.45, 7) is 6.50. The summed E-state index contributed by atoms with van der Waals surface area (Å²) >= 11 is 0. The molecule has 0 fully saturated rings. The number of unbranched alkanes of at least 4 members (excludes halogenated alkanes) is 10. The van der Waals surface area contributed by atoms with Gasteiger partial charge in [-0.05, 0) is 12.8 Å². The summed E-state index contributed by atoms with van der Waals surface area (Å²) in [7, 11) is 0. The molecule has 0 bridgehead atoms. The van der Waals surface area contributed by atoms with Gasteiger partial charge in [-0.3, -0.25) is 0 Å². The lowest BCUT2D eigenvalue weighted by atomic mass is 10.1. The molecule has 1 aliphatic rings. The average molecular weight is 339 g/mol. The molecule has 1 unspecified atom stereocenters. The molecule has 0 N–H and O–H groups in total. The molecule has 0 aromatic rings. The Balaban J connectivity index is 2.06. The van der Waals surface area contributed by atoms with Crippen LogP contribution in [-0.2, 0) is 0 Å². The Hall–Kier alpha value is -1.03. The molecule has 0 aromatic carbocycles. The Labute approximate surface area is 149 Å². The van der Waals surface area contributed by atoms with Gasteiger partial charge >= 0.3 is 0 Å². The minimum atomic E-state index is -0.967. The van der Waals surface area contributed by atoms with E-state index in [-0.39, 0.29) is 4.48 Å². The number of hydrogen-bond donors (Lipinski definition) is 0. The number of quaternary nitrogens is 1. The molecule has 0 radical (unpaired) electrons. The third-order valence-electron chi connectivity index (χ3n) is 5.07. The fourth-order valence-corrected chi connectivity index (χ4v) is 3.38. The lowest BCUT2D eigenvalue weighted by molar-refractivity contribution is -0.830. The van der Waals surface area contributed by atoms with Crippen LogP contribution in [0.2, 0.25) is 0 Å². The Morgan fingerprint density at radius 2 is 1.46 bits per heavy atom. The minimum Gasteiger partial charge on any atom is -0.498 e. The van der Waals surface area contributed by atoms with Crippen molar-refractivity contribution in [3.63, 3.8) is 0 Å². The molecule has 1 aliphatic heterocycles. The van der Waals surface area contributed by atoms with Gasteiger partial charge in [0.15, 0.2) is 6.67 Å². The molecule has 1 amide bonds. The molecular weight excluding hydrogens is 300 g/mol. The third kappa shape index (κ3) is 7.69. The summed E-state index contributed by atoms with van der Waals surface area (Å²) < 4.78 is -0.0222. The van der Waals surface area contributed by atoms with E-state index in [1.165, 1.54) is 57.8 Å². The predicted molar refractivity (Wildman–Crippen MR) is 98.0 cm³/mol. The van der Waals surface area contributed by atoms with Crippen molar-refractivity contribution in [1.82, 2.24) is 4.90 Å². The molecule has 24 heavy (non-hydrogen) atoms. The SMILES string of the molecule is CCCCCCCCCCCCN1C=C[N+](CCCC)(C(=O)[O-])C1. The Morgan fingerprint density at radius 3 is 2.00 bits per heavy atom. The second-order valence-corrected chi connectivity index (χ2v) is 7.31. The highest BCUT2D eigenvalue weighted by Crippen LogP contribution is 2.20. The van der Waals surface area contributed by atoms with E-state index in [0.717, 1.165) is 25.8 Å². The maximum Gasteiger partial charge on any atom is 0.263 e. The van der Waals surface area contributed by atoms with E-state index in [1.54, 1.807) is 6.20 Å². The van der Waals surface area contributed by atoms with Crippen molar-refractivity contribution in [2.45, 2.75) is 90.9 Å². The molecule has 0 spiro atoms. The van der Waals surface area contributed by atoms with Gasteiger partial charge in [-0.15, -0.1) is 0 Å². The average Bonchev–Trinajstić information content (AvgIpc) is 2.99. The van der Waals surface area contributed by atoms with Crippen LogP contribution in [0.5, 0.6) is 0 Å². The van der Waals surface area contributed by atoms with Gasteiger partial charge in [0.2, 0.25) is 0 Å². The van der Waals surface area contributed by atoms with E-state index in [9.17, 15) is 9.90 Å². The smallest absolute Gasteiger partial charge is 0.263 e. The zero-order valence-corrected chi connectivity index (χ0v) is 16.0.